The number of thiazole rings is 1. The number of nitrogens with zero attached hydrogens (tertiary/aromatic N) is 3. The minimum atomic E-state index is 0.102. The summed E-state index contributed by atoms with van der Waals surface area (Å²) in [6.45, 7) is 8.80. The van der Waals surface area contributed by atoms with Gasteiger partial charge in [-0.2, -0.15) is 27.2 Å². The number of anilines is 1. The average Bonchev–Trinajstić information content (AvgIpc) is 3.37. The van der Waals surface area contributed by atoms with E-state index in [2.05, 4.69) is 71.6 Å². The molecule has 0 aromatic carbocycles. The Morgan fingerprint density at radius 1 is 1.14 bits per heavy atom. The van der Waals surface area contributed by atoms with Crippen LogP contribution in [0.15, 0.2) is 52.7 Å². The topological polar surface area (TPSA) is 66.5 Å². The van der Waals surface area contributed by atoms with Crippen LogP contribution < -0.4 is 5.32 Å². The fourth-order valence-electron chi connectivity index (χ4n) is 2.75. The third-order valence-corrected chi connectivity index (χ3v) is 6.15. The van der Waals surface area contributed by atoms with Crippen LogP contribution >= 0.6 is 23.1 Å². The summed E-state index contributed by atoms with van der Waals surface area (Å²) in [7, 11) is 0. The maximum Gasteiger partial charge on any atom is 0.183 e. The van der Waals surface area contributed by atoms with E-state index in [1.807, 2.05) is 23.3 Å². The Bertz CT molecular complexity index is 772. The van der Waals surface area contributed by atoms with Crippen molar-refractivity contribution in [2.45, 2.75) is 59.4 Å². The molecule has 2 aromatic heterocycles. The highest BCUT2D eigenvalue weighted by molar-refractivity contribution is 7.99. The highest BCUT2D eigenvalue weighted by atomic mass is 32.2. The molecule has 0 saturated carbocycles. The molecule has 0 radical (unpaired) electrons. The first-order valence-corrected chi connectivity index (χ1v) is 12.1. The number of hydrogen-bond donors (Lipinski definition) is 2. The van der Waals surface area contributed by atoms with Gasteiger partial charge in [0.25, 0.3) is 0 Å². The van der Waals surface area contributed by atoms with Crippen LogP contribution in [0.1, 0.15) is 65.1 Å². The summed E-state index contributed by atoms with van der Waals surface area (Å²) in [4.78, 5) is 4.32. The van der Waals surface area contributed by atoms with Crippen molar-refractivity contribution in [3.8, 4) is 0 Å². The van der Waals surface area contributed by atoms with Crippen LogP contribution in [0.5, 0.6) is 0 Å². The lowest BCUT2D eigenvalue weighted by Crippen LogP contribution is -2.14. The predicted molar refractivity (Wildman–Crippen MR) is 128 cm³/mol. The number of thioether (sulfide) groups is 1. The third-order valence-electron chi connectivity index (χ3n) is 4.48. The molecule has 7 heteroatoms. The first-order valence-electron chi connectivity index (χ1n) is 10.1. The molecule has 0 spiro atoms. The SMILES string of the molecule is CC(C)=CCCC(C)=CCCC(C)=CCSCC(Nc1nccs1)c1cn[nH]n1. The molecule has 0 aliphatic rings. The summed E-state index contributed by atoms with van der Waals surface area (Å²) in [5.41, 5.74) is 5.27. The highest BCUT2D eigenvalue weighted by Gasteiger charge is 2.15. The molecule has 29 heavy (non-hydrogen) atoms. The summed E-state index contributed by atoms with van der Waals surface area (Å²) in [6, 6.07) is 0.102. The van der Waals surface area contributed by atoms with E-state index in [4.69, 9.17) is 0 Å². The van der Waals surface area contributed by atoms with E-state index in [9.17, 15) is 0 Å². The Labute approximate surface area is 183 Å². The van der Waals surface area contributed by atoms with Gasteiger partial charge in [0.1, 0.15) is 5.69 Å². The molecule has 0 aliphatic heterocycles. The Balaban J connectivity index is 1.71. The van der Waals surface area contributed by atoms with E-state index in [-0.39, 0.29) is 6.04 Å². The van der Waals surface area contributed by atoms with Gasteiger partial charge in [-0.15, -0.1) is 11.3 Å². The first kappa shape index (κ1) is 23.4. The van der Waals surface area contributed by atoms with Crippen molar-refractivity contribution in [2.24, 2.45) is 0 Å². The van der Waals surface area contributed by atoms with Crippen LogP contribution in [0.25, 0.3) is 0 Å². The van der Waals surface area contributed by atoms with Crippen molar-refractivity contribution in [3.05, 3.63) is 58.4 Å². The number of aromatic nitrogens is 4. The number of aromatic amines is 1. The second-order valence-corrected chi connectivity index (χ2v) is 9.40. The molecular formula is C22H33N5S2. The third kappa shape index (κ3) is 9.94. The van der Waals surface area contributed by atoms with Gasteiger partial charge in [-0.1, -0.05) is 34.9 Å². The van der Waals surface area contributed by atoms with Crippen molar-refractivity contribution in [2.75, 3.05) is 16.8 Å². The summed E-state index contributed by atoms with van der Waals surface area (Å²) in [5, 5.41) is 17.2. The zero-order valence-corrected chi connectivity index (χ0v) is 19.6. The van der Waals surface area contributed by atoms with Gasteiger partial charge in [-0.05, 0) is 53.4 Å². The molecular weight excluding hydrogens is 398 g/mol. The highest BCUT2D eigenvalue weighted by Crippen LogP contribution is 2.23. The minimum absolute atomic E-state index is 0.102. The molecule has 1 atom stereocenters. The predicted octanol–water partition coefficient (Wildman–Crippen LogP) is 6.57. The molecule has 2 N–H and O–H groups in total. The van der Waals surface area contributed by atoms with Gasteiger partial charge in [-0.3, -0.25) is 0 Å². The van der Waals surface area contributed by atoms with Gasteiger partial charge in [0, 0.05) is 23.1 Å². The van der Waals surface area contributed by atoms with Crippen LogP contribution in [0.3, 0.4) is 0 Å². The molecule has 0 bridgehead atoms. The fourth-order valence-corrected chi connectivity index (χ4v) is 4.36. The second kappa shape index (κ2) is 13.4. The van der Waals surface area contributed by atoms with Crippen molar-refractivity contribution in [1.29, 1.82) is 0 Å². The smallest absolute Gasteiger partial charge is 0.183 e. The van der Waals surface area contributed by atoms with Gasteiger partial charge in [-0.25, -0.2) is 4.98 Å². The van der Waals surface area contributed by atoms with Gasteiger partial charge in [0.15, 0.2) is 5.13 Å². The maximum absolute atomic E-state index is 4.32. The standard InChI is InChI=1S/C22H33N5S2/c1-17(2)7-5-8-18(3)9-6-10-19(4)11-13-28-16-21(20-15-24-27-26-20)25-22-23-12-14-29-22/h7,9,11-12,14-15,21H,5-6,8,10,13,16H2,1-4H3,(H,23,25)(H,24,26,27). The molecule has 5 nitrogen and oxygen atoms in total. The van der Waals surface area contributed by atoms with Crippen molar-refractivity contribution in [1.82, 2.24) is 20.4 Å². The summed E-state index contributed by atoms with van der Waals surface area (Å²) in [6.07, 6.45) is 15.2. The van der Waals surface area contributed by atoms with E-state index in [0.717, 1.165) is 41.6 Å². The lowest BCUT2D eigenvalue weighted by molar-refractivity contribution is 0.825. The Morgan fingerprint density at radius 3 is 2.55 bits per heavy atom. The van der Waals surface area contributed by atoms with Gasteiger partial charge < -0.3 is 5.32 Å². The minimum Gasteiger partial charge on any atom is -0.352 e. The molecule has 0 saturated heterocycles. The maximum atomic E-state index is 4.32. The number of rotatable bonds is 13. The molecule has 2 heterocycles. The van der Waals surface area contributed by atoms with Gasteiger partial charge >= 0.3 is 0 Å². The zero-order valence-electron chi connectivity index (χ0n) is 17.9. The van der Waals surface area contributed by atoms with Crippen LogP contribution in [0.2, 0.25) is 0 Å². The van der Waals surface area contributed by atoms with E-state index in [0.29, 0.717) is 0 Å². The van der Waals surface area contributed by atoms with Crippen LogP contribution in [0, 0.1) is 0 Å². The van der Waals surface area contributed by atoms with Crippen LogP contribution in [-0.4, -0.2) is 31.9 Å². The number of H-pyrrole nitrogens is 1. The summed E-state index contributed by atoms with van der Waals surface area (Å²) in [5.74, 6) is 1.92. The van der Waals surface area contributed by atoms with Crippen LogP contribution in [-0.2, 0) is 0 Å². The lowest BCUT2D eigenvalue weighted by Gasteiger charge is -2.14. The normalized spacial score (nSPS) is 13.4. The number of allylic oxidation sites excluding steroid dienone is 5. The average molecular weight is 432 g/mol. The van der Waals surface area contributed by atoms with E-state index < -0.39 is 0 Å². The van der Waals surface area contributed by atoms with E-state index in [1.165, 1.54) is 23.1 Å². The Morgan fingerprint density at radius 2 is 1.90 bits per heavy atom. The second-order valence-electron chi connectivity index (χ2n) is 7.43. The Hall–Kier alpha value is -1.86. The fraction of sp³-hybridized carbons (Fsp3) is 0.500. The lowest BCUT2D eigenvalue weighted by atomic mass is 10.1. The van der Waals surface area contributed by atoms with E-state index in [1.54, 1.807) is 17.5 Å². The monoisotopic (exact) mass is 431 g/mol. The van der Waals surface area contributed by atoms with Crippen molar-refractivity contribution >= 4 is 28.2 Å². The summed E-state index contributed by atoms with van der Waals surface area (Å²) < 4.78 is 0. The van der Waals surface area contributed by atoms with Gasteiger partial charge in [0.2, 0.25) is 0 Å². The first-order chi connectivity index (χ1) is 14.0. The molecule has 0 fully saturated rings. The number of hydrogen-bond acceptors (Lipinski definition) is 6. The Kier molecular flexibility index (Phi) is 10.8. The van der Waals surface area contributed by atoms with Gasteiger partial charge in [0.05, 0.1) is 12.2 Å². The van der Waals surface area contributed by atoms with Crippen LogP contribution in [0.4, 0.5) is 5.13 Å². The largest absolute Gasteiger partial charge is 0.352 e. The molecule has 158 valence electrons. The zero-order chi connectivity index (χ0) is 20.9. The van der Waals surface area contributed by atoms with E-state index >= 15 is 0 Å². The van der Waals surface area contributed by atoms with Crippen molar-refractivity contribution < 1.29 is 0 Å². The number of nitrogens with one attached hydrogen (secondary N) is 2. The molecule has 0 amide bonds. The van der Waals surface area contributed by atoms with Crippen molar-refractivity contribution in [3.63, 3.8) is 0 Å². The molecule has 2 aromatic rings. The summed E-state index contributed by atoms with van der Waals surface area (Å²) >= 11 is 3.50. The quantitative estimate of drug-likeness (QED) is 0.277. The molecule has 1 unspecified atom stereocenters. The molecule has 0 aliphatic carbocycles. The molecule has 2 rings (SSSR count).